The van der Waals surface area contributed by atoms with Crippen molar-refractivity contribution in [2.24, 2.45) is 11.8 Å². The number of nitrogens with zero attached hydrogens (tertiary/aromatic N) is 2. The summed E-state index contributed by atoms with van der Waals surface area (Å²) in [5, 5.41) is 0. The molecule has 0 N–H and O–H groups in total. The largest absolute Gasteiger partial charge is 0.393 e. The van der Waals surface area contributed by atoms with E-state index in [0.29, 0.717) is 23.9 Å². The van der Waals surface area contributed by atoms with Crippen LogP contribution < -0.4 is 0 Å². The molecule has 0 spiro atoms. The van der Waals surface area contributed by atoms with Crippen molar-refractivity contribution in [3.8, 4) is 0 Å². The maximum absolute atomic E-state index is 13.0. The Hall–Kier alpha value is -1.13. The summed E-state index contributed by atoms with van der Waals surface area (Å²) in [4.78, 5) is 14.0. The van der Waals surface area contributed by atoms with Crippen molar-refractivity contribution in [1.82, 2.24) is 9.21 Å². The van der Waals surface area contributed by atoms with Crippen LogP contribution in [-0.2, 0) is 14.8 Å². The SMILES string of the molecule is O=C(C1CCN(S(=O)(=O)c2ccccc2Br)C1)N1CCCC(C(F)(F)F)C1. The van der Waals surface area contributed by atoms with Crippen LogP contribution in [0.5, 0.6) is 0 Å². The summed E-state index contributed by atoms with van der Waals surface area (Å²) in [5.74, 6) is -2.49. The highest BCUT2D eigenvalue weighted by Crippen LogP contribution is 2.35. The van der Waals surface area contributed by atoms with Gasteiger partial charge in [-0.15, -0.1) is 0 Å². The summed E-state index contributed by atoms with van der Waals surface area (Å²) < 4.78 is 66.2. The number of rotatable bonds is 3. The second-order valence-corrected chi connectivity index (χ2v) is 9.70. The molecule has 1 aromatic rings. The molecular formula is C17H20BrF3N2O3S. The molecule has 3 rings (SSSR count). The zero-order valence-corrected chi connectivity index (χ0v) is 16.9. The van der Waals surface area contributed by atoms with E-state index >= 15 is 0 Å². The third-order valence-corrected chi connectivity index (χ3v) is 8.03. The minimum absolute atomic E-state index is 0.00428. The topological polar surface area (TPSA) is 57.7 Å². The van der Waals surface area contributed by atoms with Gasteiger partial charge in [0.25, 0.3) is 0 Å². The molecule has 2 unspecified atom stereocenters. The first-order valence-corrected chi connectivity index (χ1v) is 10.9. The fraction of sp³-hybridized carbons (Fsp3) is 0.588. The molecule has 2 atom stereocenters. The predicted octanol–water partition coefficient (Wildman–Crippen LogP) is 3.26. The Bertz CT molecular complexity index is 816. The average Bonchev–Trinajstić information content (AvgIpc) is 3.11. The van der Waals surface area contributed by atoms with Gasteiger partial charge in [-0.1, -0.05) is 12.1 Å². The first-order valence-electron chi connectivity index (χ1n) is 8.71. The molecule has 2 fully saturated rings. The van der Waals surface area contributed by atoms with Crippen LogP contribution in [0.25, 0.3) is 0 Å². The lowest BCUT2D eigenvalue weighted by atomic mass is 9.96. The highest BCUT2D eigenvalue weighted by atomic mass is 79.9. The van der Waals surface area contributed by atoms with E-state index in [-0.39, 0.29) is 36.9 Å². The molecule has 0 saturated carbocycles. The van der Waals surface area contributed by atoms with Gasteiger partial charge in [0.15, 0.2) is 0 Å². The van der Waals surface area contributed by atoms with Crippen LogP contribution in [0.15, 0.2) is 33.6 Å². The monoisotopic (exact) mass is 468 g/mol. The fourth-order valence-corrected chi connectivity index (χ4v) is 6.11. The predicted molar refractivity (Wildman–Crippen MR) is 96.4 cm³/mol. The number of sulfonamides is 1. The van der Waals surface area contributed by atoms with E-state index < -0.39 is 28.0 Å². The summed E-state index contributed by atoms with van der Waals surface area (Å²) in [6.07, 6.45) is -3.67. The number of carbonyl (C=O) groups excluding carboxylic acids is 1. The van der Waals surface area contributed by atoms with Gasteiger partial charge in [-0.05, 0) is 47.3 Å². The molecule has 1 amide bonds. The summed E-state index contributed by atoms with van der Waals surface area (Å²) in [5.41, 5.74) is 0. The zero-order valence-electron chi connectivity index (χ0n) is 14.5. The second-order valence-electron chi connectivity index (χ2n) is 6.94. The minimum Gasteiger partial charge on any atom is -0.342 e. The van der Waals surface area contributed by atoms with Crippen LogP contribution in [-0.4, -0.2) is 55.9 Å². The number of alkyl halides is 3. The van der Waals surface area contributed by atoms with Crippen molar-refractivity contribution in [3.63, 3.8) is 0 Å². The molecule has 2 aliphatic heterocycles. The Morgan fingerprint density at radius 2 is 1.81 bits per heavy atom. The van der Waals surface area contributed by atoms with Gasteiger partial charge in [0, 0.05) is 30.7 Å². The standard InChI is InChI=1S/C17H20BrF3N2O3S/c18-14-5-1-2-6-15(14)27(25,26)23-9-7-12(10-23)16(24)22-8-3-4-13(11-22)17(19,20)21/h1-2,5-6,12-13H,3-4,7-11H2. The third kappa shape index (κ3) is 4.32. The fourth-order valence-electron chi connectivity index (χ4n) is 3.64. The van der Waals surface area contributed by atoms with Gasteiger partial charge in [-0.2, -0.15) is 17.5 Å². The molecule has 10 heteroatoms. The molecule has 2 aliphatic rings. The van der Waals surface area contributed by atoms with Crippen LogP contribution in [0.4, 0.5) is 13.2 Å². The number of benzene rings is 1. The number of amides is 1. The molecule has 0 aliphatic carbocycles. The van der Waals surface area contributed by atoms with E-state index in [4.69, 9.17) is 0 Å². The summed E-state index contributed by atoms with van der Waals surface area (Å²) >= 11 is 3.22. The quantitative estimate of drug-likeness (QED) is 0.683. The summed E-state index contributed by atoms with van der Waals surface area (Å²) in [6, 6.07) is 6.41. The Balaban J connectivity index is 1.69. The van der Waals surface area contributed by atoms with E-state index in [9.17, 15) is 26.4 Å². The lowest BCUT2D eigenvalue weighted by molar-refractivity contribution is -0.188. The molecule has 2 heterocycles. The van der Waals surface area contributed by atoms with Crippen molar-refractivity contribution in [2.75, 3.05) is 26.2 Å². The van der Waals surface area contributed by atoms with E-state index in [1.54, 1.807) is 18.2 Å². The second kappa shape index (κ2) is 7.71. The maximum atomic E-state index is 13.0. The number of piperidine rings is 1. The van der Waals surface area contributed by atoms with E-state index in [1.165, 1.54) is 15.3 Å². The van der Waals surface area contributed by atoms with Crippen molar-refractivity contribution in [1.29, 1.82) is 0 Å². The number of likely N-dealkylation sites (tertiary alicyclic amines) is 1. The molecular weight excluding hydrogens is 449 g/mol. The molecule has 5 nitrogen and oxygen atoms in total. The van der Waals surface area contributed by atoms with Crippen molar-refractivity contribution >= 4 is 31.9 Å². The van der Waals surface area contributed by atoms with Crippen LogP contribution in [0, 0.1) is 11.8 Å². The molecule has 150 valence electrons. The Morgan fingerprint density at radius 3 is 2.48 bits per heavy atom. The normalized spacial score (nSPS) is 25.0. The zero-order chi connectivity index (χ0) is 19.8. The van der Waals surface area contributed by atoms with Gasteiger partial charge in [-0.25, -0.2) is 8.42 Å². The van der Waals surface area contributed by atoms with E-state index in [1.807, 2.05) is 0 Å². The molecule has 0 radical (unpaired) electrons. The number of hydrogen-bond donors (Lipinski definition) is 0. The lowest BCUT2D eigenvalue weighted by Crippen LogP contribution is -2.47. The maximum Gasteiger partial charge on any atom is 0.393 e. The van der Waals surface area contributed by atoms with Gasteiger partial charge in [0.2, 0.25) is 15.9 Å². The third-order valence-electron chi connectivity index (χ3n) is 5.15. The van der Waals surface area contributed by atoms with Gasteiger partial charge in [-0.3, -0.25) is 4.79 Å². The van der Waals surface area contributed by atoms with Gasteiger partial charge < -0.3 is 4.90 Å². The molecule has 0 bridgehead atoms. The van der Waals surface area contributed by atoms with Crippen molar-refractivity contribution < 1.29 is 26.4 Å². The van der Waals surface area contributed by atoms with Gasteiger partial charge in [0.1, 0.15) is 0 Å². The minimum atomic E-state index is -4.32. The Labute approximate surface area is 164 Å². The van der Waals surface area contributed by atoms with E-state index in [2.05, 4.69) is 15.9 Å². The first kappa shape index (κ1) is 20.6. The summed E-state index contributed by atoms with van der Waals surface area (Å²) in [7, 11) is -3.76. The highest BCUT2D eigenvalue weighted by molar-refractivity contribution is 9.10. The van der Waals surface area contributed by atoms with Crippen molar-refractivity contribution in [2.45, 2.75) is 30.3 Å². The number of carbonyl (C=O) groups is 1. The number of halogens is 4. The Morgan fingerprint density at radius 1 is 1.11 bits per heavy atom. The van der Waals surface area contributed by atoms with E-state index in [0.717, 1.165) is 0 Å². The van der Waals surface area contributed by atoms with Crippen LogP contribution in [0.1, 0.15) is 19.3 Å². The first-order chi connectivity index (χ1) is 12.6. The molecule has 27 heavy (non-hydrogen) atoms. The smallest absolute Gasteiger partial charge is 0.342 e. The van der Waals surface area contributed by atoms with Crippen LogP contribution in [0.3, 0.4) is 0 Å². The average molecular weight is 469 g/mol. The highest BCUT2D eigenvalue weighted by Gasteiger charge is 2.44. The van der Waals surface area contributed by atoms with Gasteiger partial charge >= 0.3 is 6.18 Å². The molecule has 0 aromatic heterocycles. The van der Waals surface area contributed by atoms with Crippen molar-refractivity contribution in [3.05, 3.63) is 28.7 Å². The number of hydrogen-bond acceptors (Lipinski definition) is 3. The lowest BCUT2D eigenvalue weighted by Gasteiger charge is -2.35. The molecule has 1 aromatic carbocycles. The molecule has 2 saturated heterocycles. The summed E-state index contributed by atoms with van der Waals surface area (Å²) in [6.45, 7) is 0.126. The van der Waals surface area contributed by atoms with Gasteiger partial charge in [0.05, 0.1) is 16.7 Å². The van der Waals surface area contributed by atoms with Crippen LogP contribution >= 0.6 is 15.9 Å². The van der Waals surface area contributed by atoms with Crippen LogP contribution in [0.2, 0.25) is 0 Å². The Kier molecular flexibility index (Phi) is 5.88.